The van der Waals surface area contributed by atoms with Crippen molar-refractivity contribution in [3.8, 4) is 0 Å². The van der Waals surface area contributed by atoms with Crippen LogP contribution in [0, 0.1) is 0 Å². The fraction of sp³-hybridized carbons (Fsp3) is 0.500. The molecule has 0 aromatic heterocycles. The molecular weight excluding hydrogens is 214 g/mol. The molecule has 2 aliphatic rings. The van der Waals surface area contributed by atoms with Crippen LogP contribution in [0.2, 0.25) is 0 Å². The molecule has 2 aliphatic heterocycles. The van der Waals surface area contributed by atoms with Crippen LogP contribution in [0.25, 0.3) is 0 Å². The van der Waals surface area contributed by atoms with Crippen molar-refractivity contribution in [2.75, 3.05) is 13.1 Å². The van der Waals surface area contributed by atoms with Crippen molar-refractivity contribution < 1.29 is 9.53 Å². The molecule has 2 fully saturated rings. The number of esters is 1. The van der Waals surface area contributed by atoms with E-state index in [1.165, 1.54) is 5.56 Å². The third-order valence-electron chi connectivity index (χ3n) is 3.75. The molecule has 0 unspecified atom stereocenters. The SMILES string of the molecule is O=C1O[C@@H]2CCN(CCc3ccccc3)[C@H]1C2. The smallest absolute Gasteiger partial charge is 0.323 e. The Labute approximate surface area is 101 Å². The lowest BCUT2D eigenvalue weighted by atomic mass is 10.0. The average molecular weight is 231 g/mol. The van der Waals surface area contributed by atoms with Crippen LogP contribution in [0.1, 0.15) is 18.4 Å². The van der Waals surface area contributed by atoms with Crippen molar-refractivity contribution in [1.29, 1.82) is 0 Å². The van der Waals surface area contributed by atoms with E-state index in [1.54, 1.807) is 0 Å². The van der Waals surface area contributed by atoms with Gasteiger partial charge in [-0.15, -0.1) is 0 Å². The number of hydrogen-bond acceptors (Lipinski definition) is 3. The predicted molar refractivity (Wildman–Crippen MR) is 64.6 cm³/mol. The first-order valence-electron chi connectivity index (χ1n) is 6.31. The van der Waals surface area contributed by atoms with E-state index in [-0.39, 0.29) is 18.1 Å². The van der Waals surface area contributed by atoms with Crippen LogP contribution in [-0.2, 0) is 16.0 Å². The summed E-state index contributed by atoms with van der Waals surface area (Å²) in [5.41, 5.74) is 1.33. The third kappa shape index (κ3) is 2.20. The Morgan fingerprint density at radius 1 is 1.29 bits per heavy atom. The van der Waals surface area contributed by atoms with E-state index < -0.39 is 0 Å². The average Bonchev–Trinajstić information content (AvgIpc) is 2.66. The van der Waals surface area contributed by atoms with E-state index in [1.807, 2.05) is 6.07 Å². The quantitative estimate of drug-likeness (QED) is 0.740. The number of ether oxygens (including phenoxy) is 1. The molecule has 2 atom stereocenters. The lowest BCUT2D eigenvalue weighted by Crippen LogP contribution is -2.43. The van der Waals surface area contributed by atoms with Crippen molar-refractivity contribution in [2.24, 2.45) is 0 Å². The maximum absolute atomic E-state index is 11.6. The van der Waals surface area contributed by atoms with Crippen molar-refractivity contribution in [2.45, 2.75) is 31.4 Å². The predicted octanol–water partition coefficient (Wildman–Crippen LogP) is 1.62. The molecule has 1 aromatic rings. The zero-order valence-corrected chi connectivity index (χ0v) is 9.84. The number of carbonyl (C=O) groups excluding carboxylic acids is 1. The largest absolute Gasteiger partial charge is 0.461 e. The van der Waals surface area contributed by atoms with Gasteiger partial charge in [-0.1, -0.05) is 30.3 Å². The van der Waals surface area contributed by atoms with E-state index in [4.69, 9.17) is 4.74 Å². The summed E-state index contributed by atoms with van der Waals surface area (Å²) in [4.78, 5) is 13.9. The Morgan fingerprint density at radius 2 is 2.12 bits per heavy atom. The lowest BCUT2D eigenvalue weighted by Gasteiger charge is -2.29. The number of benzene rings is 1. The van der Waals surface area contributed by atoms with Gasteiger partial charge in [0.2, 0.25) is 0 Å². The van der Waals surface area contributed by atoms with Gasteiger partial charge in [0.25, 0.3) is 0 Å². The number of nitrogens with zero attached hydrogens (tertiary/aromatic N) is 1. The highest BCUT2D eigenvalue weighted by atomic mass is 16.6. The van der Waals surface area contributed by atoms with Crippen molar-refractivity contribution >= 4 is 5.97 Å². The highest BCUT2D eigenvalue weighted by Crippen LogP contribution is 2.28. The topological polar surface area (TPSA) is 29.5 Å². The molecule has 0 amide bonds. The Hall–Kier alpha value is -1.35. The van der Waals surface area contributed by atoms with Crippen LogP contribution in [0.3, 0.4) is 0 Å². The second-order valence-electron chi connectivity index (χ2n) is 4.87. The number of rotatable bonds is 3. The Bertz CT molecular complexity index is 404. The van der Waals surface area contributed by atoms with Gasteiger partial charge < -0.3 is 4.74 Å². The molecule has 90 valence electrons. The van der Waals surface area contributed by atoms with Gasteiger partial charge in [-0.25, -0.2) is 0 Å². The minimum absolute atomic E-state index is 0.0134. The molecule has 3 heteroatoms. The van der Waals surface area contributed by atoms with Crippen LogP contribution in [0.5, 0.6) is 0 Å². The molecule has 2 heterocycles. The number of hydrogen-bond donors (Lipinski definition) is 0. The normalized spacial score (nSPS) is 28.1. The molecule has 0 aliphatic carbocycles. The Morgan fingerprint density at radius 3 is 2.94 bits per heavy atom. The molecule has 0 radical (unpaired) electrons. The second kappa shape index (κ2) is 4.49. The summed E-state index contributed by atoms with van der Waals surface area (Å²) < 4.78 is 5.29. The van der Waals surface area contributed by atoms with E-state index in [9.17, 15) is 4.79 Å². The number of piperidine rings is 1. The monoisotopic (exact) mass is 231 g/mol. The zero-order chi connectivity index (χ0) is 11.7. The van der Waals surface area contributed by atoms with Crippen LogP contribution >= 0.6 is 0 Å². The van der Waals surface area contributed by atoms with Crippen molar-refractivity contribution in [3.05, 3.63) is 35.9 Å². The maximum Gasteiger partial charge on any atom is 0.323 e. The van der Waals surface area contributed by atoms with Gasteiger partial charge in [0.05, 0.1) is 0 Å². The van der Waals surface area contributed by atoms with Crippen LogP contribution in [0.15, 0.2) is 30.3 Å². The van der Waals surface area contributed by atoms with E-state index in [0.29, 0.717) is 0 Å². The minimum atomic E-state index is -0.0134. The van der Waals surface area contributed by atoms with Gasteiger partial charge >= 0.3 is 5.97 Å². The third-order valence-corrected chi connectivity index (χ3v) is 3.75. The van der Waals surface area contributed by atoms with Gasteiger partial charge in [-0.3, -0.25) is 9.69 Å². The van der Waals surface area contributed by atoms with Crippen molar-refractivity contribution in [3.63, 3.8) is 0 Å². The summed E-state index contributed by atoms with van der Waals surface area (Å²) in [6.45, 7) is 1.95. The minimum Gasteiger partial charge on any atom is -0.461 e. The van der Waals surface area contributed by atoms with Gasteiger partial charge in [0.1, 0.15) is 12.1 Å². The molecule has 0 spiro atoms. The van der Waals surface area contributed by atoms with E-state index >= 15 is 0 Å². The number of likely N-dealkylation sites (tertiary alicyclic amines) is 1. The molecule has 3 nitrogen and oxygen atoms in total. The van der Waals surface area contributed by atoms with Crippen molar-refractivity contribution in [1.82, 2.24) is 4.90 Å². The van der Waals surface area contributed by atoms with Crippen LogP contribution in [-0.4, -0.2) is 36.1 Å². The standard InChI is InChI=1S/C14H17NO2/c16-14-13-10-12(17-14)7-9-15(13)8-6-11-4-2-1-3-5-11/h1-5,12-13H,6-10H2/t12-,13+/m1/s1. The summed E-state index contributed by atoms with van der Waals surface area (Å²) in [6, 6.07) is 10.5. The molecule has 17 heavy (non-hydrogen) atoms. The zero-order valence-electron chi connectivity index (χ0n) is 9.84. The summed E-state index contributed by atoms with van der Waals surface area (Å²) in [5.74, 6) is -0.0134. The lowest BCUT2D eigenvalue weighted by molar-refractivity contribution is -0.143. The fourth-order valence-electron chi connectivity index (χ4n) is 2.76. The first kappa shape index (κ1) is 10.8. The van der Waals surface area contributed by atoms with Gasteiger partial charge in [-0.05, 0) is 18.4 Å². The van der Waals surface area contributed by atoms with Gasteiger partial charge in [0.15, 0.2) is 0 Å². The molecule has 0 N–H and O–H groups in total. The van der Waals surface area contributed by atoms with Crippen LogP contribution in [0.4, 0.5) is 0 Å². The van der Waals surface area contributed by atoms with Gasteiger partial charge in [-0.2, -0.15) is 0 Å². The summed E-state index contributed by atoms with van der Waals surface area (Å²) in [5, 5.41) is 0. The molecule has 3 rings (SSSR count). The number of fused-ring (bicyclic) bond motifs is 2. The first-order valence-corrected chi connectivity index (χ1v) is 6.31. The van der Waals surface area contributed by atoms with Crippen LogP contribution < -0.4 is 0 Å². The summed E-state index contributed by atoms with van der Waals surface area (Å²) in [7, 11) is 0. The van der Waals surface area contributed by atoms with E-state index in [2.05, 4.69) is 29.2 Å². The fourth-order valence-corrected chi connectivity index (χ4v) is 2.76. The summed E-state index contributed by atoms with van der Waals surface area (Å²) >= 11 is 0. The van der Waals surface area contributed by atoms with Gasteiger partial charge in [0, 0.05) is 19.5 Å². The summed E-state index contributed by atoms with van der Waals surface area (Å²) in [6.07, 6.45) is 3.10. The highest BCUT2D eigenvalue weighted by Gasteiger charge is 2.42. The molecule has 2 bridgehead atoms. The highest BCUT2D eigenvalue weighted by molar-refractivity contribution is 5.78. The molecule has 1 aromatic carbocycles. The molecule has 0 saturated carbocycles. The Kier molecular flexibility index (Phi) is 2.85. The maximum atomic E-state index is 11.6. The second-order valence-corrected chi connectivity index (χ2v) is 4.87. The Balaban J connectivity index is 1.60. The molecule has 2 saturated heterocycles. The first-order chi connectivity index (χ1) is 8.33. The van der Waals surface area contributed by atoms with E-state index in [0.717, 1.165) is 32.4 Å². The molecular formula is C14H17NO2. The number of carbonyl (C=O) groups is 1.